The van der Waals surface area contributed by atoms with Crippen LogP contribution in [0.15, 0.2) is 249 Å². The van der Waals surface area contributed by atoms with Crippen LogP contribution in [0, 0.1) is 34.0 Å². The Hall–Kier alpha value is -11.8. The number of benzene rings is 10. The minimum atomic E-state index is -4.86. The summed E-state index contributed by atoms with van der Waals surface area (Å²) in [7, 11) is 0. The Morgan fingerprint density at radius 2 is 0.647 bits per heavy atom. The fourth-order valence-corrected chi connectivity index (χ4v) is 12.6. The molecule has 15 rings (SSSR count). The number of aromatic nitrogens is 5. The molecule has 398 valence electrons. The smallest absolute Gasteiger partial charge is 0.308 e. The molecule has 0 aliphatic rings. The molecule has 8 nitrogen and oxygen atoms in total. The van der Waals surface area contributed by atoms with Gasteiger partial charge in [-0.1, -0.05) is 127 Å². The van der Waals surface area contributed by atoms with Gasteiger partial charge < -0.3 is 13.7 Å². The van der Waals surface area contributed by atoms with Gasteiger partial charge in [-0.15, -0.1) is 0 Å². The minimum Gasteiger partial charge on any atom is -0.308 e. The summed E-state index contributed by atoms with van der Waals surface area (Å²) in [5, 5.41) is 35.8. The fourth-order valence-electron chi connectivity index (χ4n) is 12.6. The molecule has 5 aromatic heterocycles. The van der Waals surface area contributed by atoms with E-state index in [1.165, 1.54) is 12.1 Å². The quantitative estimate of drug-likeness (QED) is 0.150. The average Bonchev–Trinajstić information content (AvgIpc) is 1.74. The second-order valence-corrected chi connectivity index (χ2v) is 20.9. The zero-order chi connectivity index (χ0) is 57.5. The first-order valence-electron chi connectivity index (χ1n) is 27.5. The van der Waals surface area contributed by atoms with E-state index >= 15 is 13.2 Å². The molecule has 0 N–H and O–H groups in total. The molecule has 5 heterocycles. The van der Waals surface area contributed by atoms with Crippen LogP contribution in [-0.4, -0.2) is 23.7 Å². The minimum absolute atomic E-state index is 0.187. The molecule has 85 heavy (non-hydrogen) atoms. The first-order valence-corrected chi connectivity index (χ1v) is 27.5. The van der Waals surface area contributed by atoms with Crippen LogP contribution in [0.1, 0.15) is 22.3 Å². The molecule has 0 atom stereocenters. The third-order valence-corrected chi connectivity index (χ3v) is 16.3. The Bertz CT molecular complexity index is 5190. The zero-order valence-electron chi connectivity index (χ0n) is 44.9. The van der Waals surface area contributed by atoms with Gasteiger partial charge in [-0.2, -0.15) is 29.0 Å². The summed E-state index contributed by atoms with van der Waals surface area (Å²) in [4.78, 5) is 10.3. The summed E-state index contributed by atoms with van der Waals surface area (Å²) >= 11 is 0. The lowest BCUT2D eigenvalue weighted by Crippen LogP contribution is -2.11. The topological polar surface area (TPSA) is 112 Å². The van der Waals surface area contributed by atoms with E-state index in [1.54, 1.807) is 42.7 Å². The number of rotatable bonds is 8. The molecule has 11 heteroatoms. The van der Waals surface area contributed by atoms with E-state index in [-0.39, 0.29) is 22.5 Å². The molecule has 0 radical (unpaired) electrons. The molecular formula is C74H41F3N8. The highest BCUT2D eigenvalue weighted by Crippen LogP contribution is 2.49. The van der Waals surface area contributed by atoms with Gasteiger partial charge in [0.05, 0.1) is 102 Å². The number of nitriles is 3. The monoisotopic (exact) mass is 1100 g/mol. The molecule has 0 unspecified atom stereocenters. The Balaban J connectivity index is 1.06. The molecule has 0 aliphatic carbocycles. The number of fused-ring (bicyclic) bond motifs is 9. The van der Waals surface area contributed by atoms with E-state index in [0.29, 0.717) is 44.8 Å². The molecule has 0 spiro atoms. The largest absolute Gasteiger partial charge is 0.416 e. The first kappa shape index (κ1) is 50.1. The van der Waals surface area contributed by atoms with E-state index in [2.05, 4.69) is 45.5 Å². The molecule has 15 aromatic rings. The van der Waals surface area contributed by atoms with E-state index in [4.69, 9.17) is 9.97 Å². The van der Waals surface area contributed by atoms with Crippen LogP contribution >= 0.6 is 0 Å². The van der Waals surface area contributed by atoms with Crippen LogP contribution in [0.5, 0.6) is 0 Å². The Morgan fingerprint density at radius 3 is 1.02 bits per heavy atom. The molecule has 0 bridgehead atoms. The van der Waals surface area contributed by atoms with Crippen LogP contribution in [0.2, 0.25) is 0 Å². The first-order chi connectivity index (χ1) is 41.7. The number of alkyl halides is 3. The molecule has 0 fully saturated rings. The average molecular weight is 1100 g/mol. The van der Waals surface area contributed by atoms with Crippen molar-refractivity contribution in [3.63, 3.8) is 0 Å². The third-order valence-electron chi connectivity index (χ3n) is 16.3. The Kier molecular flexibility index (Phi) is 11.6. The van der Waals surface area contributed by atoms with Crippen molar-refractivity contribution in [3.05, 3.63) is 271 Å². The van der Waals surface area contributed by atoms with E-state index in [9.17, 15) is 15.8 Å². The molecule has 10 aromatic carbocycles. The summed E-state index contributed by atoms with van der Waals surface area (Å²) in [6, 6.07) is 81.0. The third kappa shape index (κ3) is 7.97. The van der Waals surface area contributed by atoms with Gasteiger partial charge in [-0.05, 0) is 143 Å². The lowest BCUT2D eigenvalue weighted by molar-refractivity contribution is -0.137. The summed E-state index contributed by atoms with van der Waals surface area (Å²) in [6.45, 7) is 0. The SMILES string of the molecule is N#Cc1ccccc1-c1ccc2c(c1)c1ccccc1n2-c1cccnc1-c1cc(C(F)(F)F)cc(-c2ncccc2-n2c3ccccc3c3cc(-c4ccccc4C#N)ccc32)c1-n1c2ccccc2c2cc(-c3ccccc3C#N)ccc21. The number of hydrogen-bond donors (Lipinski definition) is 0. The second-order valence-electron chi connectivity index (χ2n) is 20.9. The lowest BCUT2D eigenvalue weighted by atomic mass is 9.95. The number of hydrogen-bond acceptors (Lipinski definition) is 5. The lowest BCUT2D eigenvalue weighted by Gasteiger charge is -2.24. The highest BCUT2D eigenvalue weighted by Gasteiger charge is 2.36. The second kappa shape index (κ2) is 19.7. The maximum atomic E-state index is 16.4. The summed E-state index contributed by atoms with van der Waals surface area (Å²) in [5.74, 6) is 0. The van der Waals surface area contributed by atoms with Gasteiger partial charge in [0.1, 0.15) is 0 Å². The molecule has 0 saturated heterocycles. The maximum absolute atomic E-state index is 16.4. The van der Waals surface area contributed by atoms with Gasteiger partial charge in [0, 0.05) is 55.8 Å². The summed E-state index contributed by atoms with van der Waals surface area (Å²) < 4.78 is 55.2. The van der Waals surface area contributed by atoms with Crippen LogP contribution in [0.25, 0.3) is 138 Å². The van der Waals surface area contributed by atoms with Crippen molar-refractivity contribution in [2.24, 2.45) is 0 Å². The highest BCUT2D eigenvalue weighted by molar-refractivity contribution is 6.15. The molecule has 0 saturated carbocycles. The van der Waals surface area contributed by atoms with E-state index in [1.807, 2.05) is 180 Å². The van der Waals surface area contributed by atoms with Crippen LogP contribution in [0.3, 0.4) is 0 Å². The van der Waals surface area contributed by atoms with Crippen LogP contribution in [0.4, 0.5) is 13.2 Å². The van der Waals surface area contributed by atoms with Gasteiger partial charge in [0.2, 0.25) is 0 Å². The van der Waals surface area contributed by atoms with Gasteiger partial charge in [0.25, 0.3) is 0 Å². The predicted octanol–water partition coefficient (Wildman–Crippen LogP) is 18.7. The number of pyridine rings is 2. The fraction of sp³-hybridized carbons (Fsp3) is 0.0135. The van der Waals surface area contributed by atoms with Crippen molar-refractivity contribution in [2.45, 2.75) is 6.18 Å². The predicted molar refractivity (Wildman–Crippen MR) is 331 cm³/mol. The van der Waals surface area contributed by atoms with Crippen LogP contribution < -0.4 is 0 Å². The van der Waals surface area contributed by atoms with Crippen molar-refractivity contribution in [1.29, 1.82) is 15.8 Å². The van der Waals surface area contributed by atoms with Gasteiger partial charge in [-0.3, -0.25) is 9.97 Å². The van der Waals surface area contributed by atoms with Crippen molar-refractivity contribution in [1.82, 2.24) is 23.7 Å². The molecular weight excluding hydrogens is 1060 g/mol. The molecule has 0 amide bonds. The zero-order valence-corrected chi connectivity index (χ0v) is 44.9. The Labute approximate surface area is 484 Å². The maximum Gasteiger partial charge on any atom is 0.416 e. The van der Waals surface area contributed by atoms with Crippen molar-refractivity contribution in [3.8, 4) is 91.2 Å². The highest BCUT2D eigenvalue weighted by atomic mass is 19.4. The number of halogens is 3. The van der Waals surface area contributed by atoms with Crippen molar-refractivity contribution >= 4 is 65.4 Å². The number of nitrogens with zero attached hydrogens (tertiary/aromatic N) is 8. The van der Waals surface area contributed by atoms with Crippen molar-refractivity contribution in [2.75, 3.05) is 0 Å². The van der Waals surface area contributed by atoms with Crippen LogP contribution in [-0.2, 0) is 6.18 Å². The van der Waals surface area contributed by atoms with E-state index < -0.39 is 11.7 Å². The van der Waals surface area contributed by atoms with Gasteiger partial charge in [-0.25, -0.2) is 0 Å². The summed E-state index contributed by atoms with van der Waals surface area (Å²) in [6.07, 6.45) is -1.63. The van der Waals surface area contributed by atoms with Gasteiger partial charge in [0.15, 0.2) is 0 Å². The standard InChI is InChI=1S/C74H41F3N8/c75-74(76,77)51-40-61(71-69(27-13-35-81-71)83-63-24-10-7-21-55(63)58-37-45(29-32-66(58)83)52-18-4-1-15-48(52)42-78)73(85-65-26-12-9-23-57(65)60-39-47(31-34-68(60)85)54-20-6-3-17-50(54)44-80)62(41-51)72-70(28-14-36-82-72)84-64-25-11-8-22-56(64)59-38-46(30-33-67(59)84)53-19-5-2-16-49(53)43-79/h1-41H. The van der Waals surface area contributed by atoms with Gasteiger partial charge >= 0.3 is 6.18 Å². The number of para-hydroxylation sites is 3. The Morgan fingerprint density at radius 1 is 0.318 bits per heavy atom. The molecule has 0 aliphatic heterocycles. The summed E-state index contributed by atoms with van der Waals surface area (Å²) in [5.41, 5.74) is 12.4. The normalized spacial score (nSPS) is 11.7. The van der Waals surface area contributed by atoms with Crippen molar-refractivity contribution < 1.29 is 13.2 Å². The van der Waals surface area contributed by atoms with E-state index in [0.717, 1.165) is 87.8 Å².